The Morgan fingerprint density at radius 2 is 1.74 bits per heavy atom. The zero-order valence-electron chi connectivity index (χ0n) is 21.6. The van der Waals surface area contributed by atoms with Gasteiger partial charge >= 0.3 is 6.18 Å². The van der Waals surface area contributed by atoms with Gasteiger partial charge in [-0.15, -0.1) is 0 Å². The van der Waals surface area contributed by atoms with E-state index < -0.39 is 11.7 Å². The summed E-state index contributed by atoms with van der Waals surface area (Å²) in [6, 6.07) is 15.5. The number of aromatic nitrogens is 3. The van der Waals surface area contributed by atoms with Crippen molar-refractivity contribution >= 4 is 22.4 Å². The molecule has 0 saturated carbocycles. The molecule has 0 bridgehead atoms. The minimum atomic E-state index is -4.52. The van der Waals surface area contributed by atoms with E-state index in [1.165, 1.54) is 17.8 Å². The molecule has 2 aromatic heterocycles. The first kappa shape index (κ1) is 26.1. The van der Waals surface area contributed by atoms with Crippen molar-refractivity contribution in [2.45, 2.75) is 52.1 Å². The lowest BCUT2D eigenvalue weighted by atomic mass is 10.0. The summed E-state index contributed by atoms with van der Waals surface area (Å²) in [4.78, 5) is 15.9. The fourth-order valence-corrected chi connectivity index (χ4v) is 4.93. The highest BCUT2D eigenvalue weighted by Gasteiger charge is 2.34. The average molecular weight is 522 g/mol. The van der Waals surface area contributed by atoms with E-state index in [1.54, 1.807) is 18.2 Å². The lowest BCUT2D eigenvalue weighted by molar-refractivity contribution is -0.137. The highest BCUT2D eigenvalue weighted by atomic mass is 19.4. The maximum Gasteiger partial charge on any atom is 0.418 e. The molecule has 1 saturated heterocycles. The summed E-state index contributed by atoms with van der Waals surface area (Å²) in [6.45, 7) is 8.16. The van der Waals surface area contributed by atoms with Crippen molar-refractivity contribution < 1.29 is 17.9 Å². The van der Waals surface area contributed by atoms with E-state index >= 15 is 0 Å². The molecule has 9 heteroatoms. The molecule has 3 heterocycles. The quantitative estimate of drug-likeness (QED) is 0.308. The number of aryl methyl sites for hydroxylation is 1. The van der Waals surface area contributed by atoms with Crippen LogP contribution in [0.5, 0.6) is 0 Å². The number of alkyl halides is 3. The number of ether oxygens (including phenoxy) is 1. The van der Waals surface area contributed by atoms with Crippen LogP contribution in [0, 0.1) is 0 Å². The van der Waals surface area contributed by atoms with Gasteiger partial charge in [0.2, 0.25) is 0 Å². The van der Waals surface area contributed by atoms with Gasteiger partial charge in [-0.05, 0) is 62.2 Å². The third-order valence-electron chi connectivity index (χ3n) is 6.61. The van der Waals surface area contributed by atoms with E-state index in [-0.39, 0.29) is 17.9 Å². The second-order valence-corrected chi connectivity index (χ2v) is 9.74. The van der Waals surface area contributed by atoms with Gasteiger partial charge in [0.05, 0.1) is 35.5 Å². The van der Waals surface area contributed by atoms with Crippen molar-refractivity contribution in [1.82, 2.24) is 19.9 Å². The first-order valence-electron chi connectivity index (χ1n) is 12.8. The van der Waals surface area contributed by atoms with Crippen molar-refractivity contribution in [3.63, 3.8) is 0 Å². The van der Waals surface area contributed by atoms with Gasteiger partial charge in [0, 0.05) is 35.9 Å². The second-order valence-electron chi connectivity index (χ2n) is 9.74. The second kappa shape index (κ2) is 10.7. The molecule has 1 aliphatic heterocycles. The summed E-state index contributed by atoms with van der Waals surface area (Å²) < 4.78 is 47.0. The summed E-state index contributed by atoms with van der Waals surface area (Å²) in [7, 11) is 0. The van der Waals surface area contributed by atoms with Crippen molar-refractivity contribution in [2.24, 2.45) is 0 Å². The van der Waals surface area contributed by atoms with Gasteiger partial charge in [0.15, 0.2) is 0 Å². The van der Waals surface area contributed by atoms with E-state index in [9.17, 15) is 13.2 Å². The molecule has 0 amide bonds. The number of hydrogen-bond donors (Lipinski definition) is 1. The van der Waals surface area contributed by atoms with Gasteiger partial charge in [0.25, 0.3) is 0 Å². The Hall–Kier alpha value is -3.56. The Balaban J connectivity index is 1.57. The Morgan fingerprint density at radius 1 is 1.00 bits per heavy atom. The van der Waals surface area contributed by atoms with Crippen LogP contribution in [-0.4, -0.2) is 45.1 Å². The van der Waals surface area contributed by atoms with Crippen LogP contribution in [0.15, 0.2) is 60.8 Å². The third kappa shape index (κ3) is 5.79. The number of morpholine rings is 1. The van der Waals surface area contributed by atoms with Crippen LogP contribution in [0.3, 0.4) is 0 Å². The van der Waals surface area contributed by atoms with Gasteiger partial charge in [-0.25, -0.2) is 9.97 Å². The van der Waals surface area contributed by atoms with Crippen LogP contribution < -0.4 is 5.32 Å². The molecule has 2 aromatic carbocycles. The van der Waals surface area contributed by atoms with Crippen LogP contribution >= 0.6 is 0 Å². The fraction of sp³-hybridized carbons (Fsp3) is 0.345. The van der Waals surface area contributed by atoms with Gasteiger partial charge in [-0.2, -0.15) is 13.2 Å². The lowest BCUT2D eigenvalue weighted by Gasteiger charge is -2.34. The molecule has 0 spiro atoms. The molecule has 5 rings (SSSR count). The molecule has 198 valence electrons. The van der Waals surface area contributed by atoms with Gasteiger partial charge in [-0.1, -0.05) is 25.1 Å². The minimum Gasteiger partial charge on any atom is -0.373 e. The molecule has 0 radical (unpaired) electrons. The Morgan fingerprint density at radius 3 is 2.42 bits per heavy atom. The van der Waals surface area contributed by atoms with E-state index in [0.29, 0.717) is 34.7 Å². The molecule has 1 N–H and O–H groups in total. The SMILES string of the molecule is CCc1ccc(Nc2nc(CN3C[C@H](C)O[C@@H](C)C3)nc3cc(-c4ncccc4C(F)(F)F)ccc23)cc1. The van der Waals surface area contributed by atoms with Gasteiger partial charge in [0.1, 0.15) is 11.6 Å². The number of nitrogens with zero attached hydrogens (tertiary/aromatic N) is 4. The summed E-state index contributed by atoms with van der Waals surface area (Å²) in [5.41, 5.74) is 2.09. The number of rotatable bonds is 6. The van der Waals surface area contributed by atoms with E-state index in [4.69, 9.17) is 14.7 Å². The van der Waals surface area contributed by atoms with Gasteiger partial charge < -0.3 is 10.1 Å². The summed E-state index contributed by atoms with van der Waals surface area (Å²) in [5, 5.41) is 4.11. The monoisotopic (exact) mass is 521 g/mol. The molecule has 38 heavy (non-hydrogen) atoms. The first-order valence-corrected chi connectivity index (χ1v) is 12.8. The van der Waals surface area contributed by atoms with Crippen LogP contribution in [0.4, 0.5) is 24.7 Å². The number of hydrogen-bond acceptors (Lipinski definition) is 6. The minimum absolute atomic E-state index is 0.0884. The summed E-state index contributed by atoms with van der Waals surface area (Å²) in [5.74, 6) is 1.19. The largest absolute Gasteiger partial charge is 0.418 e. The van der Waals surface area contributed by atoms with Crippen molar-refractivity contribution in [2.75, 3.05) is 18.4 Å². The standard InChI is InChI=1S/C29H30F3N5O/c1-4-20-7-10-22(11-8-20)34-28-23-12-9-21(27-24(29(30,31)32)6-5-13-33-27)14-25(23)35-26(36-28)17-37-15-18(2)38-19(3)16-37/h5-14,18-19H,4,15-17H2,1-3H3,(H,34,35,36)/t18-,19-/m0/s1. The van der Waals surface area contributed by atoms with E-state index in [1.807, 2.05) is 26.0 Å². The summed E-state index contributed by atoms with van der Waals surface area (Å²) >= 11 is 0. The van der Waals surface area contributed by atoms with Crippen LogP contribution in [0.1, 0.15) is 37.7 Å². The fourth-order valence-electron chi connectivity index (χ4n) is 4.93. The number of nitrogens with one attached hydrogen (secondary N) is 1. The van der Waals surface area contributed by atoms with Crippen LogP contribution in [0.2, 0.25) is 0 Å². The Bertz CT molecular complexity index is 1410. The highest BCUT2D eigenvalue weighted by Crippen LogP contribution is 2.37. The number of benzene rings is 2. The third-order valence-corrected chi connectivity index (χ3v) is 6.61. The predicted octanol–water partition coefficient (Wildman–Crippen LogP) is 6.63. The Labute approximate surface area is 219 Å². The lowest BCUT2D eigenvalue weighted by Crippen LogP contribution is -2.45. The van der Waals surface area contributed by atoms with Crippen LogP contribution in [0.25, 0.3) is 22.2 Å². The maximum absolute atomic E-state index is 13.7. The van der Waals surface area contributed by atoms with E-state index in [0.717, 1.165) is 31.3 Å². The number of pyridine rings is 1. The maximum atomic E-state index is 13.7. The molecular weight excluding hydrogens is 491 g/mol. The molecule has 0 unspecified atom stereocenters. The van der Waals surface area contributed by atoms with E-state index in [2.05, 4.69) is 34.3 Å². The zero-order valence-corrected chi connectivity index (χ0v) is 21.6. The van der Waals surface area contributed by atoms with Crippen molar-refractivity contribution in [3.05, 3.63) is 77.7 Å². The van der Waals surface area contributed by atoms with Crippen molar-refractivity contribution in [3.8, 4) is 11.3 Å². The smallest absolute Gasteiger partial charge is 0.373 e. The normalized spacial score (nSPS) is 18.6. The number of halogens is 3. The molecule has 4 aromatic rings. The number of anilines is 2. The zero-order chi connectivity index (χ0) is 26.9. The van der Waals surface area contributed by atoms with Gasteiger partial charge in [-0.3, -0.25) is 9.88 Å². The molecule has 1 aliphatic rings. The van der Waals surface area contributed by atoms with Crippen LogP contribution in [-0.2, 0) is 23.9 Å². The average Bonchev–Trinajstić information content (AvgIpc) is 2.88. The first-order chi connectivity index (χ1) is 18.2. The topological polar surface area (TPSA) is 63.2 Å². The van der Waals surface area contributed by atoms with Crippen molar-refractivity contribution in [1.29, 1.82) is 0 Å². The molecule has 0 aliphatic carbocycles. The number of fused-ring (bicyclic) bond motifs is 1. The summed E-state index contributed by atoms with van der Waals surface area (Å²) in [6.07, 6.45) is -2.03. The molecule has 2 atom stereocenters. The predicted molar refractivity (Wildman–Crippen MR) is 142 cm³/mol. The Kier molecular flexibility index (Phi) is 7.32. The highest BCUT2D eigenvalue weighted by molar-refractivity contribution is 5.93. The molecular formula is C29H30F3N5O. The molecule has 6 nitrogen and oxygen atoms in total. The molecule has 1 fully saturated rings.